The van der Waals surface area contributed by atoms with Gasteiger partial charge in [0.15, 0.2) is 11.6 Å². The number of hydrogen-bond donors (Lipinski definition) is 1. The first kappa shape index (κ1) is 16.9. The van der Waals surface area contributed by atoms with Crippen LogP contribution in [0.1, 0.15) is 0 Å². The van der Waals surface area contributed by atoms with Crippen molar-refractivity contribution in [2.75, 3.05) is 4.72 Å². The molecule has 0 atom stereocenters. The first-order valence-electron chi connectivity index (χ1n) is 6.56. The molecule has 5 nitrogen and oxygen atoms in total. The second kappa shape index (κ2) is 6.54. The molecule has 0 aliphatic rings. The van der Waals surface area contributed by atoms with Gasteiger partial charge in [0.25, 0.3) is 10.0 Å². The van der Waals surface area contributed by atoms with Crippen LogP contribution >= 0.6 is 27.5 Å². The van der Waals surface area contributed by atoms with Gasteiger partial charge >= 0.3 is 0 Å². The van der Waals surface area contributed by atoms with Crippen LogP contribution in [0.15, 0.2) is 62.4 Å². The van der Waals surface area contributed by atoms with E-state index in [0.717, 1.165) is 23.8 Å². The zero-order chi connectivity index (χ0) is 17.3. The van der Waals surface area contributed by atoms with Gasteiger partial charge < -0.3 is 4.52 Å². The Labute approximate surface area is 150 Å². The first-order chi connectivity index (χ1) is 11.4. The van der Waals surface area contributed by atoms with E-state index in [-0.39, 0.29) is 15.7 Å². The fraction of sp³-hybridized carbons (Fsp3) is 0. The van der Waals surface area contributed by atoms with Crippen molar-refractivity contribution in [1.29, 1.82) is 0 Å². The van der Waals surface area contributed by atoms with Crippen LogP contribution in [0.3, 0.4) is 0 Å². The van der Waals surface area contributed by atoms with Gasteiger partial charge in [-0.25, -0.2) is 12.8 Å². The highest BCUT2D eigenvalue weighted by Crippen LogP contribution is 2.35. The summed E-state index contributed by atoms with van der Waals surface area (Å²) in [5.41, 5.74) is 0.719. The maximum Gasteiger partial charge on any atom is 0.263 e. The minimum Gasteiger partial charge on any atom is -0.353 e. The lowest BCUT2D eigenvalue weighted by Gasteiger charge is -2.06. The molecule has 0 unspecified atom stereocenters. The van der Waals surface area contributed by atoms with Crippen LogP contribution in [0.4, 0.5) is 10.2 Å². The number of aromatic nitrogens is 1. The number of hydrogen-bond acceptors (Lipinski definition) is 4. The van der Waals surface area contributed by atoms with Crippen LogP contribution in [0.25, 0.3) is 11.3 Å². The molecule has 0 spiro atoms. The smallest absolute Gasteiger partial charge is 0.263 e. The summed E-state index contributed by atoms with van der Waals surface area (Å²) < 4.78 is 45.9. The molecule has 24 heavy (non-hydrogen) atoms. The van der Waals surface area contributed by atoms with Gasteiger partial charge in [-0.3, -0.25) is 4.72 Å². The van der Waals surface area contributed by atoms with Gasteiger partial charge in [-0.05, 0) is 34.1 Å². The number of benzene rings is 2. The monoisotopic (exact) mass is 430 g/mol. The predicted octanol–water partition coefficient (Wildman–Crippen LogP) is 4.70. The van der Waals surface area contributed by atoms with E-state index in [0.29, 0.717) is 10.2 Å². The van der Waals surface area contributed by atoms with Gasteiger partial charge in [0, 0.05) is 10.6 Å². The third-order valence-electron chi connectivity index (χ3n) is 3.05. The number of halogens is 3. The Morgan fingerprint density at radius 1 is 1.17 bits per heavy atom. The van der Waals surface area contributed by atoms with Crippen molar-refractivity contribution in [2.24, 2.45) is 0 Å². The molecule has 3 rings (SSSR count). The Bertz CT molecular complexity index is 973. The maximum absolute atomic E-state index is 13.4. The van der Waals surface area contributed by atoms with Crippen molar-refractivity contribution >= 4 is 43.4 Å². The van der Waals surface area contributed by atoms with Crippen molar-refractivity contribution in [1.82, 2.24) is 5.16 Å². The first-order valence-corrected chi connectivity index (χ1v) is 9.22. The summed E-state index contributed by atoms with van der Waals surface area (Å²) in [4.78, 5) is -0.316. The molecule has 9 heteroatoms. The van der Waals surface area contributed by atoms with E-state index < -0.39 is 15.8 Å². The number of rotatable bonds is 4. The molecular weight excluding hydrogens is 423 g/mol. The maximum atomic E-state index is 13.4. The summed E-state index contributed by atoms with van der Waals surface area (Å²) in [6, 6.07) is 12.0. The van der Waals surface area contributed by atoms with Crippen molar-refractivity contribution in [2.45, 2.75) is 4.90 Å². The standard InChI is InChI=1S/C15H9BrClFN2O3S/c16-13-14(9-4-2-1-3-5-9)23-19-15(13)20-24(21,22)12-7-10(17)6-11(18)8-12/h1-8H,(H,19,20). The van der Waals surface area contributed by atoms with Crippen LogP contribution in [0.2, 0.25) is 5.02 Å². The van der Waals surface area contributed by atoms with Gasteiger partial charge in [0.2, 0.25) is 0 Å². The van der Waals surface area contributed by atoms with E-state index in [1.807, 2.05) is 18.2 Å². The van der Waals surface area contributed by atoms with Gasteiger partial charge in [-0.1, -0.05) is 47.1 Å². The Morgan fingerprint density at radius 2 is 1.88 bits per heavy atom. The Hall–Kier alpha value is -1.90. The topological polar surface area (TPSA) is 72.2 Å². The molecule has 1 N–H and O–H groups in total. The molecule has 0 amide bonds. The SMILES string of the molecule is O=S(=O)(Nc1noc(-c2ccccc2)c1Br)c1cc(F)cc(Cl)c1. The minimum absolute atomic E-state index is 0.0282. The molecule has 2 aromatic carbocycles. The average Bonchev–Trinajstić information content (AvgIpc) is 2.88. The quantitative estimate of drug-likeness (QED) is 0.650. The van der Waals surface area contributed by atoms with Crippen LogP contribution < -0.4 is 4.72 Å². The van der Waals surface area contributed by atoms with Gasteiger partial charge in [0.05, 0.1) is 4.90 Å². The Kier molecular flexibility index (Phi) is 4.62. The number of nitrogens with one attached hydrogen (secondary N) is 1. The summed E-state index contributed by atoms with van der Waals surface area (Å²) in [6.45, 7) is 0. The number of anilines is 1. The van der Waals surface area contributed by atoms with Crippen molar-refractivity contribution in [3.63, 3.8) is 0 Å². The van der Waals surface area contributed by atoms with Gasteiger partial charge in [0.1, 0.15) is 10.3 Å². The third-order valence-corrected chi connectivity index (χ3v) is 5.32. The Balaban J connectivity index is 1.95. The molecule has 0 saturated heterocycles. The summed E-state index contributed by atoms with van der Waals surface area (Å²) in [7, 11) is -4.08. The van der Waals surface area contributed by atoms with Crippen molar-refractivity contribution in [3.8, 4) is 11.3 Å². The molecule has 0 aliphatic heterocycles. The lowest BCUT2D eigenvalue weighted by atomic mass is 10.2. The summed E-state index contributed by atoms with van der Waals surface area (Å²) >= 11 is 8.96. The average molecular weight is 432 g/mol. The fourth-order valence-corrected chi connectivity index (χ4v) is 3.93. The molecule has 0 fully saturated rings. The lowest BCUT2D eigenvalue weighted by Crippen LogP contribution is -2.13. The molecule has 3 aromatic rings. The normalized spacial score (nSPS) is 11.5. The fourth-order valence-electron chi connectivity index (χ4n) is 1.98. The zero-order valence-corrected chi connectivity index (χ0v) is 15.0. The Morgan fingerprint density at radius 3 is 2.54 bits per heavy atom. The summed E-state index contributed by atoms with van der Waals surface area (Å²) in [5, 5.41) is 3.68. The number of nitrogens with zero attached hydrogens (tertiary/aromatic N) is 1. The van der Waals surface area contributed by atoms with Crippen molar-refractivity contribution < 1.29 is 17.3 Å². The predicted molar refractivity (Wildman–Crippen MR) is 91.9 cm³/mol. The van der Waals surface area contributed by atoms with E-state index in [1.54, 1.807) is 12.1 Å². The van der Waals surface area contributed by atoms with Crippen LogP contribution in [-0.4, -0.2) is 13.6 Å². The summed E-state index contributed by atoms with van der Waals surface area (Å²) in [6.07, 6.45) is 0. The molecular formula is C15H9BrClFN2O3S. The van der Waals surface area contributed by atoms with E-state index in [1.165, 1.54) is 0 Å². The highest BCUT2D eigenvalue weighted by molar-refractivity contribution is 9.10. The second-order valence-corrected chi connectivity index (χ2v) is 7.66. The molecule has 0 aliphatic carbocycles. The highest BCUT2D eigenvalue weighted by Gasteiger charge is 2.22. The lowest BCUT2D eigenvalue weighted by molar-refractivity contribution is 0.435. The van der Waals surface area contributed by atoms with Crippen LogP contribution in [0, 0.1) is 5.82 Å². The minimum atomic E-state index is -4.08. The van der Waals surface area contributed by atoms with Gasteiger partial charge in [-0.15, -0.1) is 0 Å². The van der Waals surface area contributed by atoms with Crippen molar-refractivity contribution in [3.05, 3.63) is 63.8 Å². The third kappa shape index (κ3) is 3.45. The van der Waals surface area contributed by atoms with E-state index in [9.17, 15) is 12.8 Å². The van der Waals surface area contributed by atoms with Gasteiger partial charge in [-0.2, -0.15) is 0 Å². The second-order valence-electron chi connectivity index (χ2n) is 4.75. The zero-order valence-electron chi connectivity index (χ0n) is 11.8. The molecule has 1 aromatic heterocycles. The molecule has 1 heterocycles. The largest absolute Gasteiger partial charge is 0.353 e. The molecule has 124 valence electrons. The summed E-state index contributed by atoms with van der Waals surface area (Å²) in [5.74, 6) is -0.438. The number of sulfonamides is 1. The molecule has 0 bridgehead atoms. The van der Waals surface area contributed by atoms with E-state index in [4.69, 9.17) is 16.1 Å². The molecule has 0 radical (unpaired) electrons. The van der Waals surface area contributed by atoms with E-state index in [2.05, 4.69) is 25.8 Å². The highest BCUT2D eigenvalue weighted by atomic mass is 79.9. The van der Waals surface area contributed by atoms with Crippen LogP contribution in [0.5, 0.6) is 0 Å². The molecule has 0 saturated carbocycles. The van der Waals surface area contributed by atoms with E-state index >= 15 is 0 Å². The van der Waals surface area contributed by atoms with Crippen LogP contribution in [-0.2, 0) is 10.0 Å².